The average molecular weight is 217 g/mol. The van der Waals surface area contributed by atoms with E-state index in [1.807, 2.05) is 12.3 Å². The van der Waals surface area contributed by atoms with Gasteiger partial charge in [-0.1, -0.05) is 0 Å². The van der Waals surface area contributed by atoms with E-state index >= 15 is 0 Å². The molecule has 3 rings (SSSR count). The van der Waals surface area contributed by atoms with E-state index in [4.69, 9.17) is 0 Å². The predicted octanol–water partition coefficient (Wildman–Crippen LogP) is 1.49. The van der Waals surface area contributed by atoms with Gasteiger partial charge in [-0.25, -0.2) is 0 Å². The third-order valence-corrected chi connectivity index (χ3v) is 4.18. The van der Waals surface area contributed by atoms with E-state index in [2.05, 4.69) is 34.9 Å². The van der Waals surface area contributed by atoms with Gasteiger partial charge in [-0.2, -0.15) is 0 Å². The molecule has 1 aromatic heterocycles. The number of nitrogens with zero attached hydrogens (tertiary/aromatic N) is 3. The number of rotatable bonds is 0. The molecule has 0 bridgehead atoms. The van der Waals surface area contributed by atoms with Crippen molar-refractivity contribution in [3.05, 3.63) is 24.0 Å². The summed E-state index contributed by atoms with van der Waals surface area (Å²) in [5.74, 6) is 0. The number of hydrogen-bond acceptors (Lipinski definition) is 3. The summed E-state index contributed by atoms with van der Waals surface area (Å²) in [5, 5.41) is 0. The predicted molar refractivity (Wildman–Crippen MR) is 65.9 cm³/mol. The second kappa shape index (κ2) is 3.45. The van der Waals surface area contributed by atoms with Crippen molar-refractivity contribution in [2.75, 3.05) is 38.6 Å². The number of pyridine rings is 1. The molecule has 0 aromatic carbocycles. The van der Waals surface area contributed by atoms with Crippen LogP contribution in [0, 0.1) is 0 Å². The Morgan fingerprint density at radius 3 is 2.75 bits per heavy atom. The van der Waals surface area contributed by atoms with Crippen LogP contribution in [0.3, 0.4) is 0 Å². The molecule has 3 heterocycles. The third kappa shape index (κ3) is 1.34. The van der Waals surface area contributed by atoms with E-state index in [1.54, 1.807) is 0 Å². The first-order chi connectivity index (χ1) is 7.71. The molecule has 0 aliphatic carbocycles. The zero-order valence-electron chi connectivity index (χ0n) is 10.1. The van der Waals surface area contributed by atoms with Gasteiger partial charge in [-0.15, -0.1) is 0 Å². The van der Waals surface area contributed by atoms with Crippen LogP contribution in [0.1, 0.15) is 18.5 Å². The molecule has 2 aliphatic rings. The monoisotopic (exact) mass is 217 g/mol. The fourth-order valence-electron chi connectivity index (χ4n) is 3.17. The summed E-state index contributed by atoms with van der Waals surface area (Å²) >= 11 is 0. The molecular formula is C13H19N3. The SMILES string of the molecule is CN1CCC2(CC1)CN(C)c1cccnc12. The topological polar surface area (TPSA) is 19.4 Å². The molecule has 0 amide bonds. The Morgan fingerprint density at radius 2 is 2.00 bits per heavy atom. The van der Waals surface area contributed by atoms with Gasteiger partial charge in [0.15, 0.2) is 0 Å². The van der Waals surface area contributed by atoms with Crippen LogP contribution in [-0.2, 0) is 5.41 Å². The first kappa shape index (κ1) is 10.1. The van der Waals surface area contributed by atoms with Gasteiger partial charge in [-0.3, -0.25) is 4.98 Å². The number of fused-ring (bicyclic) bond motifs is 2. The van der Waals surface area contributed by atoms with Crippen molar-refractivity contribution in [2.24, 2.45) is 0 Å². The van der Waals surface area contributed by atoms with E-state index < -0.39 is 0 Å². The summed E-state index contributed by atoms with van der Waals surface area (Å²) in [5.41, 5.74) is 3.01. The number of aromatic nitrogens is 1. The largest absolute Gasteiger partial charge is 0.372 e. The smallest absolute Gasteiger partial charge is 0.0716 e. The molecule has 16 heavy (non-hydrogen) atoms. The first-order valence-electron chi connectivity index (χ1n) is 6.06. The fraction of sp³-hybridized carbons (Fsp3) is 0.615. The van der Waals surface area contributed by atoms with Gasteiger partial charge in [0.2, 0.25) is 0 Å². The lowest BCUT2D eigenvalue weighted by Gasteiger charge is -2.37. The van der Waals surface area contributed by atoms with Crippen LogP contribution in [0.2, 0.25) is 0 Å². The molecule has 0 saturated carbocycles. The summed E-state index contributed by atoms with van der Waals surface area (Å²) < 4.78 is 0. The number of likely N-dealkylation sites (N-methyl/N-ethyl adjacent to an activating group) is 1. The highest BCUT2D eigenvalue weighted by Crippen LogP contribution is 2.44. The Balaban J connectivity index is 1.99. The third-order valence-electron chi connectivity index (χ3n) is 4.18. The number of hydrogen-bond donors (Lipinski definition) is 0. The molecule has 1 fully saturated rings. The standard InChI is InChI=1S/C13H19N3/c1-15-8-5-13(6-9-15)10-16(2)11-4-3-7-14-12(11)13/h3-4,7H,5-6,8-10H2,1-2H3. The van der Waals surface area contributed by atoms with Crippen molar-refractivity contribution in [1.29, 1.82) is 0 Å². The second-order valence-electron chi connectivity index (χ2n) is 5.31. The summed E-state index contributed by atoms with van der Waals surface area (Å²) in [7, 11) is 4.40. The quantitative estimate of drug-likeness (QED) is 0.656. The first-order valence-corrected chi connectivity index (χ1v) is 6.06. The van der Waals surface area contributed by atoms with Crippen molar-refractivity contribution in [3.8, 4) is 0 Å². The van der Waals surface area contributed by atoms with Crippen LogP contribution in [0.5, 0.6) is 0 Å². The minimum Gasteiger partial charge on any atom is -0.372 e. The van der Waals surface area contributed by atoms with Crippen molar-refractivity contribution >= 4 is 5.69 Å². The van der Waals surface area contributed by atoms with Crippen LogP contribution in [0.15, 0.2) is 18.3 Å². The Hall–Kier alpha value is -1.09. The molecule has 3 nitrogen and oxygen atoms in total. The molecule has 1 saturated heterocycles. The Labute approximate surface area is 97.1 Å². The van der Waals surface area contributed by atoms with E-state index in [-0.39, 0.29) is 0 Å². The van der Waals surface area contributed by atoms with Crippen LogP contribution in [0.25, 0.3) is 0 Å². The lowest BCUT2D eigenvalue weighted by molar-refractivity contribution is 0.194. The summed E-state index contributed by atoms with van der Waals surface area (Å²) in [6.07, 6.45) is 4.44. The van der Waals surface area contributed by atoms with Crippen LogP contribution < -0.4 is 4.90 Å². The van der Waals surface area contributed by atoms with Crippen molar-refractivity contribution in [1.82, 2.24) is 9.88 Å². The number of likely N-dealkylation sites (tertiary alicyclic amines) is 1. The summed E-state index contributed by atoms with van der Waals surface area (Å²) in [4.78, 5) is 9.44. The van der Waals surface area contributed by atoms with Gasteiger partial charge in [0.05, 0.1) is 11.4 Å². The highest BCUT2D eigenvalue weighted by atomic mass is 15.2. The van der Waals surface area contributed by atoms with E-state index in [0.29, 0.717) is 5.41 Å². The molecule has 3 heteroatoms. The molecule has 0 atom stereocenters. The second-order valence-corrected chi connectivity index (χ2v) is 5.31. The van der Waals surface area contributed by atoms with Gasteiger partial charge < -0.3 is 9.80 Å². The van der Waals surface area contributed by atoms with Crippen molar-refractivity contribution < 1.29 is 0 Å². The highest BCUT2D eigenvalue weighted by Gasteiger charge is 2.44. The Bertz CT molecular complexity index is 394. The Kier molecular flexibility index (Phi) is 2.18. The maximum atomic E-state index is 4.65. The minimum absolute atomic E-state index is 0.331. The molecule has 1 aromatic rings. The lowest BCUT2D eigenvalue weighted by atomic mass is 9.77. The average Bonchev–Trinajstić information content (AvgIpc) is 2.58. The van der Waals surface area contributed by atoms with Gasteiger partial charge in [0.25, 0.3) is 0 Å². The summed E-state index contributed by atoms with van der Waals surface area (Å²) in [6, 6.07) is 4.25. The highest BCUT2D eigenvalue weighted by molar-refractivity contribution is 5.59. The van der Waals surface area contributed by atoms with E-state index in [1.165, 1.54) is 37.3 Å². The Morgan fingerprint density at radius 1 is 1.25 bits per heavy atom. The molecule has 1 spiro atoms. The number of piperidine rings is 1. The van der Waals surface area contributed by atoms with Crippen molar-refractivity contribution in [2.45, 2.75) is 18.3 Å². The molecule has 0 N–H and O–H groups in total. The molecule has 2 aliphatic heterocycles. The van der Waals surface area contributed by atoms with Gasteiger partial charge in [-0.05, 0) is 45.1 Å². The van der Waals surface area contributed by atoms with E-state index in [0.717, 1.165) is 6.54 Å². The maximum absolute atomic E-state index is 4.65. The van der Waals surface area contributed by atoms with Crippen LogP contribution in [-0.4, -0.2) is 43.6 Å². The zero-order chi connectivity index (χ0) is 11.2. The molecule has 0 radical (unpaired) electrons. The van der Waals surface area contributed by atoms with Gasteiger partial charge in [0.1, 0.15) is 0 Å². The van der Waals surface area contributed by atoms with E-state index in [9.17, 15) is 0 Å². The molecular weight excluding hydrogens is 198 g/mol. The van der Waals surface area contributed by atoms with Gasteiger partial charge >= 0.3 is 0 Å². The molecule has 0 unspecified atom stereocenters. The zero-order valence-corrected chi connectivity index (χ0v) is 10.1. The lowest BCUT2D eigenvalue weighted by Crippen LogP contribution is -2.43. The molecule has 86 valence electrons. The normalized spacial score (nSPS) is 23.8. The fourth-order valence-corrected chi connectivity index (χ4v) is 3.17. The van der Waals surface area contributed by atoms with Crippen LogP contribution >= 0.6 is 0 Å². The summed E-state index contributed by atoms with van der Waals surface area (Å²) in [6.45, 7) is 3.54. The minimum atomic E-state index is 0.331. The van der Waals surface area contributed by atoms with Crippen LogP contribution in [0.4, 0.5) is 5.69 Å². The number of anilines is 1. The van der Waals surface area contributed by atoms with Crippen molar-refractivity contribution in [3.63, 3.8) is 0 Å². The van der Waals surface area contributed by atoms with Gasteiger partial charge in [0, 0.05) is 25.2 Å². The maximum Gasteiger partial charge on any atom is 0.0716 e.